The van der Waals surface area contributed by atoms with Gasteiger partial charge >= 0.3 is 0 Å². The Morgan fingerprint density at radius 2 is 1.94 bits per heavy atom. The van der Waals surface area contributed by atoms with E-state index in [2.05, 4.69) is 6.92 Å². The third-order valence-corrected chi connectivity index (χ3v) is 4.12. The van der Waals surface area contributed by atoms with Crippen LogP contribution in [0, 0.1) is 23.5 Å². The summed E-state index contributed by atoms with van der Waals surface area (Å²) in [5.41, 5.74) is 6.65. The first-order valence-corrected chi connectivity index (χ1v) is 6.28. The smallest absolute Gasteiger partial charge is 0.160 e. The van der Waals surface area contributed by atoms with Gasteiger partial charge in [-0.05, 0) is 36.0 Å². The Balaban J connectivity index is 2.30. The van der Waals surface area contributed by atoms with Crippen LogP contribution in [0.5, 0.6) is 0 Å². The van der Waals surface area contributed by atoms with Crippen molar-refractivity contribution in [1.29, 1.82) is 0 Å². The van der Waals surface area contributed by atoms with Crippen molar-refractivity contribution in [3.63, 3.8) is 0 Å². The zero-order valence-electron chi connectivity index (χ0n) is 9.72. The Morgan fingerprint density at radius 1 is 1.29 bits per heavy atom. The maximum Gasteiger partial charge on any atom is 0.160 e. The van der Waals surface area contributed by atoms with Crippen molar-refractivity contribution < 1.29 is 8.78 Å². The van der Waals surface area contributed by atoms with E-state index in [1.165, 1.54) is 0 Å². The van der Waals surface area contributed by atoms with Gasteiger partial charge in [-0.3, -0.25) is 0 Å². The molecule has 0 aliphatic heterocycles. The van der Waals surface area contributed by atoms with Crippen LogP contribution in [-0.4, -0.2) is 0 Å². The summed E-state index contributed by atoms with van der Waals surface area (Å²) in [6, 6.07) is 1.83. The number of hydrogen-bond acceptors (Lipinski definition) is 1. The zero-order valence-corrected chi connectivity index (χ0v) is 10.5. The molecule has 0 aromatic heterocycles. The van der Waals surface area contributed by atoms with Gasteiger partial charge in [0.05, 0.1) is 0 Å². The molecule has 4 heteroatoms. The SMILES string of the molecule is CC1CCCC1C(N)c1cc(F)c(F)cc1Cl. The summed E-state index contributed by atoms with van der Waals surface area (Å²) < 4.78 is 26.2. The van der Waals surface area contributed by atoms with E-state index in [4.69, 9.17) is 17.3 Å². The van der Waals surface area contributed by atoms with Gasteiger partial charge in [0.2, 0.25) is 0 Å². The van der Waals surface area contributed by atoms with Crippen molar-refractivity contribution in [3.05, 3.63) is 34.4 Å². The lowest BCUT2D eigenvalue weighted by atomic mass is 9.86. The van der Waals surface area contributed by atoms with E-state index >= 15 is 0 Å². The molecule has 2 rings (SSSR count). The van der Waals surface area contributed by atoms with Crippen LogP contribution < -0.4 is 5.73 Å². The number of nitrogens with two attached hydrogens (primary N) is 1. The fourth-order valence-corrected chi connectivity index (χ4v) is 3.01. The second-order valence-corrected chi connectivity index (χ2v) is 5.29. The van der Waals surface area contributed by atoms with Gasteiger partial charge in [-0.15, -0.1) is 0 Å². The molecule has 1 nitrogen and oxygen atoms in total. The fourth-order valence-electron chi connectivity index (χ4n) is 2.73. The number of hydrogen-bond donors (Lipinski definition) is 1. The molecule has 1 aromatic rings. The van der Waals surface area contributed by atoms with Crippen molar-refractivity contribution in [2.75, 3.05) is 0 Å². The zero-order chi connectivity index (χ0) is 12.6. The number of benzene rings is 1. The Labute approximate surface area is 105 Å². The Morgan fingerprint density at radius 3 is 2.53 bits per heavy atom. The van der Waals surface area contributed by atoms with Crippen LogP contribution in [0.4, 0.5) is 8.78 Å². The van der Waals surface area contributed by atoms with Gasteiger partial charge < -0.3 is 5.73 Å². The first-order chi connectivity index (χ1) is 8.00. The van der Waals surface area contributed by atoms with Gasteiger partial charge in [0.1, 0.15) is 0 Å². The number of rotatable bonds is 2. The summed E-state index contributed by atoms with van der Waals surface area (Å²) in [4.78, 5) is 0. The van der Waals surface area contributed by atoms with Crippen LogP contribution in [0.2, 0.25) is 5.02 Å². The molecule has 1 saturated carbocycles. The van der Waals surface area contributed by atoms with Gasteiger partial charge in [-0.25, -0.2) is 8.78 Å². The van der Waals surface area contributed by atoms with E-state index < -0.39 is 11.6 Å². The highest BCUT2D eigenvalue weighted by molar-refractivity contribution is 6.31. The van der Waals surface area contributed by atoms with Gasteiger partial charge in [0.25, 0.3) is 0 Å². The molecular weight excluding hydrogens is 244 g/mol. The monoisotopic (exact) mass is 259 g/mol. The van der Waals surface area contributed by atoms with Gasteiger partial charge in [0.15, 0.2) is 11.6 Å². The highest BCUT2D eigenvalue weighted by atomic mass is 35.5. The second-order valence-electron chi connectivity index (χ2n) is 4.89. The molecular formula is C13H16ClF2N. The summed E-state index contributed by atoms with van der Waals surface area (Å²) in [6.07, 6.45) is 3.30. The van der Waals surface area contributed by atoms with E-state index in [-0.39, 0.29) is 11.1 Å². The standard InChI is InChI=1S/C13H16ClF2N/c1-7-3-2-4-8(7)13(17)9-5-11(15)12(16)6-10(9)14/h5-8,13H,2-4,17H2,1H3. The van der Waals surface area contributed by atoms with Crippen LogP contribution in [0.1, 0.15) is 37.8 Å². The summed E-state index contributed by atoms with van der Waals surface area (Å²) >= 11 is 5.94. The average molecular weight is 260 g/mol. The highest BCUT2D eigenvalue weighted by Crippen LogP contribution is 2.40. The van der Waals surface area contributed by atoms with E-state index in [9.17, 15) is 8.78 Å². The first-order valence-electron chi connectivity index (χ1n) is 5.90. The number of halogens is 3. The summed E-state index contributed by atoms with van der Waals surface area (Å²) in [5.74, 6) is -0.998. The molecule has 2 N–H and O–H groups in total. The lowest BCUT2D eigenvalue weighted by Gasteiger charge is -2.24. The predicted octanol–water partition coefficient (Wildman–Crippen LogP) is 4.05. The van der Waals surface area contributed by atoms with Crippen molar-refractivity contribution in [2.45, 2.75) is 32.2 Å². The van der Waals surface area contributed by atoms with E-state index in [1.807, 2.05) is 0 Å². The molecule has 1 fully saturated rings. The quantitative estimate of drug-likeness (QED) is 0.797. The third-order valence-electron chi connectivity index (χ3n) is 3.79. The van der Waals surface area contributed by atoms with Gasteiger partial charge in [-0.1, -0.05) is 31.4 Å². The molecule has 1 aromatic carbocycles. The minimum absolute atomic E-state index is 0.218. The minimum Gasteiger partial charge on any atom is -0.324 e. The molecule has 3 atom stereocenters. The molecule has 3 unspecified atom stereocenters. The van der Waals surface area contributed by atoms with Crippen molar-refractivity contribution >= 4 is 11.6 Å². The maximum absolute atomic E-state index is 13.2. The van der Waals surface area contributed by atoms with E-state index in [1.54, 1.807) is 0 Å². The molecule has 0 bridgehead atoms. The lowest BCUT2D eigenvalue weighted by Crippen LogP contribution is -2.23. The first kappa shape index (κ1) is 12.8. The normalized spacial score (nSPS) is 26.2. The topological polar surface area (TPSA) is 26.0 Å². The molecule has 0 radical (unpaired) electrons. The van der Waals surface area contributed by atoms with Crippen LogP contribution >= 0.6 is 11.6 Å². The average Bonchev–Trinajstić information content (AvgIpc) is 2.69. The molecule has 17 heavy (non-hydrogen) atoms. The molecule has 1 aliphatic rings. The summed E-state index contributed by atoms with van der Waals surface area (Å²) in [7, 11) is 0. The van der Waals surface area contributed by atoms with Crippen LogP contribution in [0.3, 0.4) is 0 Å². The second kappa shape index (κ2) is 4.91. The van der Waals surface area contributed by atoms with Crippen LogP contribution in [-0.2, 0) is 0 Å². The fraction of sp³-hybridized carbons (Fsp3) is 0.538. The molecule has 0 amide bonds. The third kappa shape index (κ3) is 2.45. The molecule has 1 aliphatic carbocycles. The van der Waals surface area contributed by atoms with E-state index in [0.29, 0.717) is 17.4 Å². The van der Waals surface area contributed by atoms with E-state index in [0.717, 1.165) is 31.4 Å². The minimum atomic E-state index is -0.926. The highest BCUT2D eigenvalue weighted by Gasteiger charge is 2.31. The molecule has 0 saturated heterocycles. The van der Waals surface area contributed by atoms with Crippen molar-refractivity contribution in [2.24, 2.45) is 17.6 Å². The predicted molar refractivity (Wildman–Crippen MR) is 64.8 cm³/mol. The Bertz CT molecular complexity index is 422. The summed E-state index contributed by atoms with van der Waals surface area (Å²) in [6.45, 7) is 2.14. The molecule has 0 spiro atoms. The van der Waals surface area contributed by atoms with Crippen LogP contribution in [0.25, 0.3) is 0 Å². The summed E-state index contributed by atoms with van der Waals surface area (Å²) in [5, 5.41) is 0.218. The van der Waals surface area contributed by atoms with Crippen LogP contribution in [0.15, 0.2) is 12.1 Å². The lowest BCUT2D eigenvalue weighted by molar-refractivity contribution is 0.349. The van der Waals surface area contributed by atoms with Crippen molar-refractivity contribution in [1.82, 2.24) is 0 Å². The van der Waals surface area contributed by atoms with Gasteiger partial charge in [-0.2, -0.15) is 0 Å². The Kier molecular flexibility index (Phi) is 3.69. The van der Waals surface area contributed by atoms with Gasteiger partial charge in [0, 0.05) is 11.1 Å². The molecule has 0 heterocycles. The van der Waals surface area contributed by atoms with Crippen molar-refractivity contribution in [3.8, 4) is 0 Å². The maximum atomic E-state index is 13.2. The largest absolute Gasteiger partial charge is 0.324 e. The molecule has 94 valence electrons. The Hall–Kier alpha value is -0.670.